The predicted octanol–water partition coefficient (Wildman–Crippen LogP) is 3.96. The molecule has 1 heterocycles. The zero-order chi connectivity index (χ0) is 17.8. The third-order valence-corrected chi connectivity index (χ3v) is 4.57. The fourth-order valence-corrected chi connectivity index (χ4v) is 3.16. The highest BCUT2D eigenvalue weighted by Crippen LogP contribution is 2.32. The maximum Gasteiger partial charge on any atom is 0.193 e. The van der Waals surface area contributed by atoms with Crippen LogP contribution < -0.4 is 0 Å². The molecule has 0 radical (unpaired) electrons. The fraction of sp³-hybridized carbons (Fsp3) is 0.174. The van der Waals surface area contributed by atoms with Crippen molar-refractivity contribution < 1.29 is 9.94 Å². The molecule has 2 atom stereocenters. The number of aliphatic hydroxyl groups is 1. The lowest BCUT2D eigenvalue weighted by atomic mass is 9.86. The van der Waals surface area contributed by atoms with Gasteiger partial charge >= 0.3 is 0 Å². The summed E-state index contributed by atoms with van der Waals surface area (Å²) in [5, 5.41) is 15.5. The first-order valence-corrected chi connectivity index (χ1v) is 8.71. The van der Waals surface area contributed by atoms with Crippen LogP contribution in [0, 0.1) is 11.8 Å². The number of hydrogen-bond acceptors (Lipinski definition) is 3. The van der Waals surface area contributed by atoms with Gasteiger partial charge in [-0.3, -0.25) is 0 Å². The first kappa shape index (κ1) is 16.4. The normalized spacial score (nSPS) is 20.4. The summed E-state index contributed by atoms with van der Waals surface area (Å²) in [4.78, 5) is 5.48. The lowest BCUT2D eigenvalue weighted by molar-refractivity contribution is 0.122. The van der Waals surface area contributed by atoms with Gasteiger partial charge in [-0.05, 0) is 17.6 Å². The van der Waals surface area contributed by atoms with E-state index < -0.39 is 5.60 Å². The third kappa shape index (κ3) is 3.20. The van der Waals surface area contributed by atoms with Gasteiger partial charge in [-0.15, -0.1) is 0 Å². The molecule has 1 N–H and O–H groups in total. The monoisotopic (exact) mass is 341 g/mol. The van der Waals surface area contributed by atoms with E-state index >= 15 is 0 Å². The van der Waals surface area contributed by atoms with Crippen molar-refractivity contribution in [3.63, 3.8) is 0 Å². The molecule has 2 aromatic rings. The summed E-state index contributed by atoms with van der Waals surface area (Å²) in [5.41, 5.74) is 2.14. The summed E-state index contributed by atoms with van der Waals surface area (Å²) >= 11 is 0. The molecule has 2 aliphatic rings. The van der Waals surface area contributed by atoms with Crippen molar-refractivity contribution in [1.29, 1.82) is 0 Å². The molecule has 128 valence electrons. The average Bonchev–Trinajstić information content (AvgIpc) is 3.40. The number of oxime groups is 1. The summed E-state index contributed by atoms with van der Waals surface area (Å²) in [6, 6.07) is 19.5. The van der Waals surface area contributed by atoms with E-state index in [9.17, 15) is 5.11 Å². The Morgan fingerprint density at radius 3 is 2.46 bits per heavy atom. The van der Waals surface area contributed by atoms with Crippen LogP contribution in [0.3, 0.4) is 0 Å². The van der Waals surface area contributed by atoms with Crippen LogP contribution in [-0.4, -0.2) is 16.9 Å². The quantitative estimate of drug-likeness (QED) is 0.859. The zero-order valence-electron chi connectivity index (χ0n) is 14.3. The van der Waals surface area contributed by atoms with Crippen molar-refractivity contribution in [3.05, 3.63) is 95.6 Å². The van der Waals surface area contributed by atoms with Crippen LogP contribution in [0.2, 0.25) is 0 Å². The summed E-state index contributed by atoms with van der Waals surface area (Å²) in [6.45, 7) is 0. The SMILES string of the molecule is OC(C#CC1CC(c2ccccc2)=NO1)(C1=CCC=C1)c1ccccc1. The molecule has 0 bridgehead atoms. The van der Waals surface area contributed by atoms with Crippen molar-refractivity contribution in [3.8, 4) is 11.8 Å². The van der Waals surface area contributed by atoms with Crippen LogP contribution in [0.1, 0.15) is 24.0 Å². The Balaban J connectivity index is 1.58. The van der Waals surface area contributed by atoms with E-state index in [1.807, 2.05) is 78.9 Å². The lowest BCUT2D eigenvalue weighted by Crippen LogP contribution is -2.26. The topological polar surface area (TPSA) is 41.8 Å². The molecular weight excluding hydrogens is 322 g/mol. The Morgan fingerprint density at radius 1 is 1.04 bits per heavy atom. The molecule has 0 spiro atoms. The van der Waals surface area contributed by atoms with E-state index in [4.69, 9.17) is 4.84 Å². The van der Waals surface area contributed by atoms with E-state index in [2.05, 4.69) is 17.0 Å². The second kappa shape index (κ2) is 7.03. The van der Waals surface area contributed by atoms with E-state index in [1.54, 1.807) is 0 Å². The van der Waals surface area contributed by atoms with Crippen LogP contribution in [0.4, 0.5) is 0 Å². The van der Waals surface area contributed by atoms with Gasteiger partial charge in [-0.2, -0.15) is 0 Å². The van der Waals surface area contributed by atoms with E-state index in [0.717, 1.165) is 28.8 Å². The molecule has 0 saturated carbocycles. The van der Waals surface area contributed by atoms with Gasteiger partial charge in [0.15, 0.2) is 11.7 Å². The molecule has 1 aliphatic heterocycles. The molecule has 0 saturated heterocycles. The van der Waals surface area contributed by atoms with Crippen LogP contribution in [0.15, 0.2) is 89.6 Å². The predicted molar refractivity (Wildman–Crippen MR) is 102 cm³/mol. The Bertz CT molecular complexity index is 932. The molecular formula is C23H19NO2. The van der Waals surface area contributed by atoms with Crippen molar-refractivity contribution in [1.82, 2.24) is 0 Å². The van der Waals surface area contributed by atoms with Crippen molar-refractivity contribution in [2.75, 3.05) is 0 Å². The molecule has 0 aromatic heterocycles. The van der Waals surface area contributed by atoms with Crippen LogP contribution in [0.5, 0.6) is 0 Å². The molecule has 1 aliphatic carbocycles. The highest BCUT2D eigenvalue weighted by atomic mass is 16.6. The molecule has 26 heavy (non-hydrogen) atoms. The van der Waals surface area contributed by atoms with Crippen LogP contribution in [0.25, 0.3) is 0 Å². The summed E-state index contributed by atoms with van der Waals surface area (Å²) in [5.74, 6) is 6.14. The molecule has 3 nitrogen and oxygen atoms in total. The number of benzene rings is 2. The van der Waals surface area contributed by atoms with Gasteiger partial charge in [0.1, 0.15) is 0 Å². The minimum atomic E-state index is -1.34. The first-order valence-electron chi connectivity index (χ1n) is 8.71. The summed E-state index contributed by atoms with van der Waals surface area (Å²) < 4.78 is 0. The highest BCUT2D eigenvalue weighted by molar-refractivity contribution is 6.01. The molecule has 2 aromatic carbocycles. The number of nitrogens with zero attached hydrogens (tertiary/aromatic N) is 1. The van der Waals surface area contributed by atoms with Crippen LogP contribution >= 0.6 is 0 Å². The minimum Gasteiger partial charge on any atom is -0.379 e. The molecule has 2 unspecified atom stereocenters. The van der Waals surface area contributed by atoms with Gasteiger partial charge in [-0.25, -0.2) is 0 Å². The van der Waals surface area contributed by atoms with E-state index in [-0.39, 0.29) is 6.10 Å². The number of allylic oxidation sites excluding steroid dienone is 2. The number of rotatable bonds is 3. The van der Waals surface area contributed by atoms with E-state index in [1.165, 1.54) is 0 Å². The van der Waals surface area contributed by atoms with Crippen LogP contribution in [-0.2, 0) is 10.4 Å². The summed E-state index contributed by atoms with van der Waals surface area (Å²) in [7, 11) is 0. The Labute approximate surface area is 153 Å². The van der Waals surface area contributed by atoms with Gasteiger partial charge in [0.2, 0.25) is 0 Å². The zero-order valence-corrected chi connectivity index (χ0v) is 14.3. The Morgan fingerprint density at radius 2 is 1.77 bits per heavy atom. The Kier molecular flexibility index (Phi) is 4.43. The second-order valence-corrected chi connectivity index (χ2v) is 6.35. The minimum absolute atomic E-state index is 0.355. The molecule has 0 fully saturated rings. The summed E-state index contributed by atoms with van der Waals surface area (Å²) in [6.07, 6.45) is 7.02. The standard InChI is InChI=1S/C23H19NO2/c25-23(20-13-7-8-14-20,19-11-5-2-6-12-19)16-15-21-17-22(24-26-21)18-9-3-1-4-10-18/h1-7,9-14,21,25H,8,17H2. The number of hydrogen-bond donors (Lipinski definition) is 1. The molecule has 0 amide bonds. The highest BCUT2D eigenvalue weighted by Gasteiger charge is 2.32. The maximum absolute atomic E-state index is 11.3. The molecule has 4 rings (SSSR count). The third-order valence-electron chi connectivity index (χ3n) is 4.57. The Hall–Kier alpha value is -3.09. The maximum atomic E-state index is 11.3. The van der Waals surface area contributed by atoms with Gasteiger partial charge < -0.3 is 9.94 Å². The first-order chi connectivity index (χ1) is 12.8. The van der Waals surface area contributed by atoms with Crippen molar-refractivity contribution >= 4 is 5.71 Å². The van der Waals surface area contributed by atoms with Crippen molar-refractivity contribution in [2.24, 2.45) is 5.16 Å². The largest absolute Gasteiger partial charge is 0.379 e. The van der Waals surface area contributed by atoms with Crippen molar-refractivity contribution in [2.45, 2.75) is 24.5 Å². The van der Waals surface area contributed by atoms with Gasteiger partial charge in [0.05, 0.1) is 5.71 Å². The van der Waals surface area contributed by atoms with Gasteiger partial charge in [0.25, 0.3) is 0 Å². The average molecular weight is 341 g/mol. The van der Waals surface area contributed by atoms with E-state index in [0.29, 0.717) is 6.42 Å². The van der Waals surface area contributed by atoms with Gasteiger partial charge in [-0.1, -0.05) is 95.9 Å². The molecule has 3 heteroatoms. The second-order valence-electron chi connectivity index (χ2n) is 6.35. The smallest absolute Gasteiger partial charge is 0.193 e. The van der Waals surface area contributed by atoms with Gasteiger partial charge in [0, 0.05) is 12.0 Å². The fourth-order valence-electron chi connectivity index (χ4n) is 3.16. The lowest BCUT2D eigenvalue weighted by Gasteiger charge is -2.23.